The van der Waals surface area contributed by atoms with Gasteiger partial charge in [-0.05, 0) is 37.1 Å². The third-order valence-corrected chi connectivity index (χ3v) is 5.07. The SMILES string of the molecule is CCNC(=O)c1cc(S(=O)(=O)NCCc2ccccc2)ccc1OC. The van der Waals surface area contributed by atoms with Crippen molar-refractivity contribution in [1.82, 2.24) is 10.0 Å². The Hall–Kier alpha value is -2.38. The molecule has 0 atom stereocenters. The molecule has 0 aliphatic rings. The second-order valence-corrected chi connectivity index (χ2v) is 7.12. The molecule has 0 spiro atoms. The zero-order valence-corrected chi connectivity index (χ0v) is 15.1. The molecular formula is C18H22N2O4S. The predicted octanol–water partition coefficient (Wildman–Crippen LogP) is 1.97. The van der Waals surface area contributed by atoms with Crippen LogP contribution in [0, 0.1) is 0 Å². The van der Waals surface area contributed by atoms with Crippen LogP contribution in [0.5, 0.6) is 5.75 Å². The summed E-state index contributed by atoms with van der Waals surface area (Å²) in [5.41, 5.74) is 1.23. The fourth-order valence-electron chi connectivity index (χ4n) is 2.35. The minimum absolute atomic E-state index is 0.0302. The molecule has 2 aromatic rings. The van der Waals surface area contributed by atoms with Gasteiger partial charge in [-0.25, -0.2) is 13.1 Å². The number of methoxy groups -OCH3 is 1. The molecule has 0 aliphatic carbocycles. The number of ether oxygens (including phenoxy) is 1. The third-order valence-electron chi connectivity index (χ3n) is 3.61. The van der Waals surface area contributed by atoms with Crippen LogP contribution in [0.4, 0.5) is 0 Å². The second-order valence-electron chi connectivity index (χ2n) is 5.35. The topological polar surface area (TPSA) is 84.5 Å². The van der Waals surface area contributed by atoms with E-state index in [1.54, 1.807) is 6.92 Å². The quantitative estimate of drug-likeness (QED) is 0.752. The molecule has 0 unspecified atom stereocenters. The highest BCUT2D eigenvalue weighted by Gasteiger charge is 2.19. The van der Waals surface area contributed by atoms with Crippen molar-refractivity contribution >= 4 is 15.9 Å². The lowest BCUT2D eigenvalue weighted by Crippen LogP contribution is -2.27. The van der Waals surface area contributed by atoms with Crippen LogP contribution in [-0.4, -0.2) is 34.5 Å². The van der Waals surface area contributed by atoms with Crippen LogP contribution in [0.15, 0.2) is 53.4 Å². The molecule has 0 heterocycles. The lowest BCUT2D eigenvalue weighted by Gasteiger charge is -2.12. The van der Waals surface area contributed by atoms with Gasteiger partial charge in [0.1, 0.15) is 5.75 Å². The number of sulfonamides is 1. The smallest absolute Gasteiger partial charge is 0.255 e. The van der Waals surface area contributed by atoms with Crippen molar-refractivity contribution < 1.29 is 17.9 Å². The molecule has 0 saturated heterocycles. The van der Waals surface area contributed by atoms with Crippen molar-refractivity contribution in [2.24, 2.45) is 0 Å². The predicted molar refractivity (Wildman–Crippen MR) is 96.3 cm³/mol. The zero-order valence-electron chi connectivity index (χ0n) is 14.3. The molecule has 134 valence electrons. The van der Waals surface area contributed by atoms with Crippen molar-refractivity contribution in [3.63, 3.8) is 0 Å². The van der Waals surface area contributed by atoms with Crippen LogP contribution in [-0.2, 0) is 16.4 Å². The van der Waals surface area contributed by atoms with Crippen LogP contribution in [0.1, 0.15) is 22.8 Å². The first-order valence-corrected chi connectivity index (χ1v) is 9.46. The molecule has 0 radical (unpaired) electrons. The van der Waals surface area contributed by atoms with E-state index in [0.29, 0.717) is 18.7 Å². The van der Waals surface area contributed by atoms with E-state index in [9.17, 15) is 13.2 Å². The molecular weight excluding hydrogens is 340 g/mol. The van der Waals surface area contributed by atoms with Gasteiger partial charge in [0.2, 0.25) is 10.0 Å². The van der Waals surface area contributed by atoms with E-state index in [1.807, 2.05) is 30.3 Å². The molecule has 2 N–H and O–H groups in total. The number of benzene rings is 2. The van der Waals surface area contributed by atoms with E-state index < -0.39 is 10.0 Å². The van der Waals surface area contributed by atoms with Gasteiger partial charge >= 0.3 is 0 Å². The lowest BCUT2D eigenvalue weighted by molar-refractivity contribution is 0.0952. The van der Waals surface area contributed by atoms with Crippen LogP contribution in [0.3, 0.4) is 0 Å². The molecule has 6 nitrogen and oxygen atoms in total. The number of hydrogen-bond donors (Lipinski definition) is 2. The summed E-state index contributed by atoms with van der Waals surface area (Å²) in [4.78, 5) is 12.1. The van der Waals surface area contributed by atoms with Crippen molar-refractivity contribution in [3.8, 4) is 5.75 Å². The summed E-state index contributed by atoms with van der Waals surface area (Å²) < 4.78 is 32.6. The Morgan fingerprint density at radius 2 is 1.84 bits per heavy atom. The van der Waals surface area contributed by atoms with Gasteiger partial charge in [-0.1, -0.05) is 30.3 Å². The molecule has 0 bridgehead atoms. The van der Waals surface area contributed by atoms with E-state index in [-0.39, 0.29) is 22.9 Å². The Kier molecular flexibility index (Phi) is 6.55. The molecule has 25 heavy (non-hydrogen) atoms. The maximum Gasteiger partial charge on any atom is 0.255 e. The first-order valence-electron chi connectivity index (χ1n) is 7.97. The second kappa shape index (κ2) is 8.64. The first kappa shape index (κ1) is 19.0. The highest BCUT2D eigenvalue weighted by Crippen LogP contribution is 2.22. The first-order chi connectivity index (χ1) is 12.0. The maximum atomic E-state index is 12.5. The molecule has 1 amide bonds. The molecule has 2 rings (SSSR count). The standard InChI is InChI=1S/C18H22N2O4S/c1-3-19-18(21)16-13-15(9-10-17(16)24-2)25(22,23)20-12-11-14-7-5-4-6-8-14/h4-10,13,20H,3,11-12H2,1-2H3,(H,19,21). The highest BCUT2D eigenvalue weighted by atomic mass is 32.2. The summed E-state index contributed by atoms with van der Waals surface area (Å²) in [6.45, 7) is 2.50. The minimum atomic E-state index is -3.71. The number of carbonyl (C=O) groups is 1. The molecule has 0 aromatic heterocycles. The summed E-state index contributed by atoms with van der Waals surface area (Å²) in [6, 6.07) is 13.8. The van der Waals surface area contributed by atoms with Crippen molar-refractivity contribution in [2.45, 2.75) is 18.2 Å². The normalized spacial score (nSPS) is 11.1. The fraction of sp³-hybridized carbons (Fsp3) is 0.278. The van der Waals surface area contributed by atoms with Gasteiger partial charge in [0, 0.05) is 13.1 Å². The van der Waals surface area contributed by atoms with E-state index in [4.69, 9.17) is 4.74 Å². The Morgan fingerprint density at radius 3 is 2.48 bits per heavy atom. The summed E-state index contributed by atoms with van der Waals surface area (Å²) in [5, 5.41) is 2.65. The summed E-state index contributed by atoms with van der Waals surface area (Å²) in [5.74, 6) is -0.0464. The van der Waals surface area contributed by atoms with E-state index in [2.05, 4.69) is 10.0 Å². The zero-order chi connectivity index (χ0) is 18.3. The van der Waals surface area contributed by atoms with Gasteiger partial charge in [-0.3, -0.25) is 4.79 Å². The lowest BCUT2D eigenvalue weighted by atomic mass is 10.2. The molecule has 0 saturated carbocycles. The maximum absolute atomic E-state index is 12.5. The monoisotopic (exact) mass is 362 g/mol. The molecule has 0 fully saturated rings. The average Bonchev–Trinajstić information content (AvgIpc) is 2.62. The van der Waals surface area contributed by atoms with Gasteiger partial charge in [0.15, 0.2) is 0 Å². The fourth-order valence-corrected chi connectivity index (χ4v) is 3.40. The van der Waals surface area contributed by atoms with Crippen LogP contribution >= 0.6 is 0 Å². The Morgan fingerprint density at radius 1 is 1.12 bits per heavy atom. The number of hydrogen-bond acceptors (Lipinski definition) is 4. The summed E-state index contributed by atoms with van der Waals surface area (Å²) in [6.07, 6.45) is 0.583. The van der Waals surface area contributed by atoms with Crippen molar-refractivity contribution in [1.29, 1.82) is 0 Å². The number of amides is 1. The van der Waals surface area contributed by atoms with Gasteiger partial charge in [0.25, 0.3) is 5.91 Å². The molecule has 2 aromatic carbocycles. The van der Waals surface area contributed by atoms with Gasteiger partial charge in [-0.15, -0.1) is 0 Å². The van der Waals surface area contributed by atoms with E-state index in [0.717, 1.165) is 5.56 Å². The molecule has 0 aliphatic heterocycles. The largest absolute Gasteiger partial charge is 0.496 e. The number of nitrogens with one attached hydrogen (secondary N) is 2. The summed E-state index contributed by atoms with van der Waals surface area (Å²) >= 11 is 0. The van der Waals surface area contributed by atoms with Crippen LogP contribution < -0.4 is 14.8 Å². The van der Waals surface area contributed by atoms with Crippen LogP contribution in [0.2, 0.25) is 0 Å². The van der Waals surface area contributed by atoms with Gasteiger partial charge < -0.3 is 10.1 Å². The van der Waals surface area contributed by atoms with Crippen molar-refractivity contribution in [3.05, 3.63) is 59.7 Å². The number of carbonyl (C=O) groups excluding carboxylic acids is 1. The Bertz CT molecular complexity index is 820. The average molecular weight is 362 g/mol. The Balaban J connectivity index is 2.15. The van der Waals surface area contributed by atoms with E-state index in [1.165, 1.54) is 25.3 Å². The highest BCUT2D eigenvalue weighted by molar-refractivity contribution is 7.89. The van der Waals surface area contributed by atoms with Crippen LogP contribution in [0.25, 0.3) is 0 Å². The van der Waals surface area contributed by atoms with E-state index >= 15 is 0 Å². The number of rotatable bonds is 8. The molecule has 7 heteroatoms. The van der Waals surface area contributed by atoms with Crippen molar-refractivity contribution in [2.75, 3.05) is 20.2 Å². The van der Waals surface area contributed by atoms with Gasteiger partial charge in [0.05, 0.1) is 17.6 Å². The minimum Gasteiger partial charge on any atom is -0.496 e. The summed E-state index contributed by atoms with van der Waals surface area (Å²) in [7, 11) is -2.28. The Labute approximate surface area is 148 Å². The third kappa shape index (κ3) is 5.04. The van der Waals surface area contributed by atoms with Gasteiger partial charge in [-0.2, -0.15) is 0 Å².